The Bertz CT molecular complexity index is 592. The van der Waals surface area contributed by atoms with Gasteiger partial charge in [0.15, 0.2) is 5.79 Å². The van der Waals surface area contributed by atoms with E-state index >= 15 is 0 Å². The van der Waals surface area contributed by atoms with Crippen molar-refractivity contribution >= 4 is 0 Å². The summed E-state index contributed by atoms with van der Waals surface area (Å²) >= 11 is 0. The minimum absolute atomic E-state index is 0.196. The second-order valence-electron chi connectivity index (χ2n) is 8.57. The normalized spacial score (nSPS) is 28.4. The van der Waals surface area contributed by atoms with Crippen molar-refractivity contribution < 1.29 is 9.47 Å². The van der Waals surface area contributed by atoms with Crippen molar-refractivity contribution in [2.45, 2.75) is 71.5 Å². The maximum atomic E-state index is 5.92. The Kier molecular flexibility index (Phi) is 3.51. The molecule has 0 saturated carbocycles. The van der Waals surface area contributed by atoms with Crippen LogP contribution in [0.2, 0.25) is 0 Å². The second-order valence-corrected chi connectivity index (χ2v) is 8.57. The number of hydrogen-bond donors (Lipinski definition) is 0. The molecule has 122 valence electrons. The molecule has 2 heteroatoms. The van der Waals surface area contributed by atoms with Gasteiger partial charge in [-0.15, -0.1) is 0 Å². The number of fused-ring (bicyclic) bond motifs is 1. The fourth-order valence-electron chi connectivity index (χ4n) is 4.36. The van der Waals surface area contributed by atoms with Crippen molar-refractivity contribution in [2.75, 3.05) is 13.2 Å². The zero-order valence-corrected chi connectivity index (χ0v) is 15.2. The SMILES string of the molecule is Cc1cc2c(cc1C1(C)OCCO1)C(C)(C)CC(C)C2(C)C. The summed E-state index contributed by atoms with van der Waals surface area (Å²) in [7, 11) is 0. The van der Waals surface area contributed by atoms with Crippen LogP contribution < -0.4 is 0 Å². The quantitative estimate of drug-likeness (QED) is 0.741. The summed E-state index contributed by atoms with van der Waals surface area (Å²) in [5, 5.41) is 0. The highest BCUT2D eigenvalue weighted by Crippen LogP contribution is 2.50. The molecule has 0 amide bonds. The van der Waals surface area contributed by atoms with Crippen LogP contribution in [0.3, 0.4) is 0 Å². The molecular weight excluding hydrogens is 272 g/mol. The molecule has 3 rings (SSSR count). The van der Waals surface area contributed by atoms with Gasteiger partial charge in [0.2, 0.25) is 0 Å². The first-order chi connectivity index (χ1) is 10.1. The van der Waals surface area contributed by atoms with Gasteiger partial charge in [0.1, 0.15) is 0 Å². The van der Waals surface area contributed by atoms with Crippen molar-refractivity contribution in [2.24, 2.45) is 5.92 Å². The highest BCUT2D eigenvalue weighted by Gasteiger charge is 2.44. The lowest BCUT2D eigenvalue weighted by molar-refractivity contribution is -0.150. The van der Waals surface area contributed by atoms with Crippen molar-refractivity contribution in [3.8, 4) is 0 Å². The number of hydrogen-bond acceptors (Lipinski definition) is 2. The molecule has 2 aliphatic rings. The van der Waals surface area contributed by atoms with Crippen molar-refractivity contribution in [1.29, 1.82) is 0 Å². The van der Waals surface area contributed by atoms with Gasteiger partial charge in [0, 0.05) is 5.56 Å². The van der Waals surface area contributed by atoms with Crippen LogP contribution in [0.15, 0.2) is 12.1 Å². The zero-order chi connectivity index (χ0) is 16.3. The molecule has 0 spiro atoms. The van der Waals surface area contributed by atoms with E-state index in [1.807, 2.05) is 0 Å². The Labute approximate surface area is 135 Å². The molecule has 0 radical (unpaired) electrons. The average Bonchev–Trinajstić information content (AvgIpc) is 2.84. The first-order valence-electron chi connectivity index (χ1n) is 8.52. The molecule has 1 aliphatic heterocycles. The Hall–Kier alpha value is -0.860. The third-order valence-corrected chi connectivity index (χ3v) is 6.16. The number of ether oxygens (including phenoxy) is 2. The predicted octanol–water partition coefficient (Wildman–Crippen LogP) is 4.81. The molecule has 1 atom stereocenters. The highest BCUT2D eigenvalue weighted by molar-refractivity contribution is 5.48. The van der Waals surface area contributed by atoms with E-state index in [9.17, 15) is 0 Å². The minimum Gasteiger partial charge on any atom is -0.344 e. The van der Waals surface area contributed by atoms with Crippen LogP contribution in [0.5, 0.6) is 0 Å². The molecule has 0 N–H and O–H groups in total. The first kappa shape index (κ1) is 16.0. The van der Waals surface area contributed by atoms with Gasteiger partial charge in [-0.1, -0.05) is 40.7 Å². The molecule has 0 aromatic heterocycles. The molecule has 1 aromatic rings. The van der Waals surface area contributed by atoms with Crippen LogP contribution in [0.25, 0.3) is 0 Å². The van der Waals surface area contributed by atoms with Crippen molar-refractivity contribution in [3.05, 3.63) is 34.4 Å². The predicted molar refractivity (Wildman–Crippen MR) is 90.3 cm³/mol. The second kappa shape index (κ2) is 4.82. The first-order valence-corrected chi connectivity index (χ1v) is 8.52. The summed E-state index contributed by atoms with van der Waals surface area (Å²) in [5.41, 5.74) is 5.85. The van der Waals surface area contributed by atoms with E-state index in [1.54, 1.807) is 0 Å². The third kappa shape index (κ3) is 2.23. The summed E-state index contributed by atoms with van der Waals surface area (Å²) in [4.78, 5) is 0. The van der Waals surface area contributed by atoms with Crippen molar-refractivity contribution in [3.63, 3.8) is 0 Å². The lowest BCUT2D eigenvalue weighted by atomic mass is 9.58. The number of aryl methyl sites for hydroxylation is 1. The fourth-order valence-corrected chi connectivity index (χ4v) is 4.36. The van der Waals surface area contributed by atoms with Crippen LogP contribution in [-0.4, -0.2) is 13.2 Å². The molecule has 1 aromatic carbocycles. The number of rotatable bonds is 1. The van der Waals surface area contributed by atoms with E-state index in [0.29, 0.717) is 19.1 Å². The van der Waals surface area contributed by atoms with Crippen LogP contribution in [0.1, 0.15) is 70.2 Å². The van der Waals surface area contributed by atoms with E-state index < -0.39 is 5.79 Å². The molecule has 1 saturated heterocycles. The van der Waals surface area contributed by atoms with Gasteiger partial charge in [-0.3, -0.25) is 0 Å². The topological polar surface area (TPSA) is 18.5 Å². The van der Waals surface area contributed by atoms with E-state index in [2.05, 4.69) is 60.6 Å². The van der Waals surface area contributed by atoms with Gasteiger partial charge in [-0.2, -0.15) is 0 Å². The summed E-state index contributed by atoms with van der Waals surface area (Å²) in [6.45, 7) is 17.5. The van der Waals surface area contributed by atoms with Gasteiger partial charge >= 0.3 is 0 Å². The summed E-state index contributed by atoms with van der Waals surface area (Å²) in [5.74, 6) is 0.0948. The molecule has 22 heavy (non-hydrogen) atoms. The van der Waals surface area contributed by atoms with Gasteiger partial charge in [-0.25, -0.2) is 0 Å². The van der Waals surface area contributed by atoms with Crippen LogP contribution in [0.4, 0.5) is 0 Å². The standard InChI is InChI=1S/C20H30O2/c1-13-10-17-16(11-15(13)20(7)21-8-9-22-20)18(3,4)12-14(2)19(17,5)6/h10-11,14H,8-9,12H2,1-7H3. The van der Waals surface area contributed by atoms with Crippen molar-refractivity contribution in [1.82, 2.24) is 0 Å². The van der Waals surface area contributed by atoms with E-state index in [4.69, 9.17) is 9.47 Å². The molecule has 1 unspecified atom stereocenters. The van der Waals surface area contributed by atoms with Gasteiger partial charge in [0.25, 0.3) is 0 Å². The molecule has 2 nitrogen and oxygen atoms in total. The largest absolute Gasteiger partial charge is 0.344 e. The van der Waals surface area contributed by atoms with Gasteiger partial charge in [0.05, 0.1) is 13.2 Å². The number of benzene rings is 1. The minimum atomic E-state index is -0.581. The highest BCUT2D eigenvalue weighted by atomic mass is 16.7. The summed E-state index contributed by atoms with van der Waals surface area (Å²) < 4.78 is 11.8. The lowest BCUT2D eigenvalue weighted by Crippen LogP contribution is -2.41. The smallest absolute Gasteiger partial charge is 0.192 e. The van der Waals surface area contributed by atoms with Crippen LogP contribution in [0, 0.1) is 12.8 Å². The monoisotopic (exact) mass is 302 g/mol. The summed E-state index contributed by atoms with van der Waals surface area (Å²) in [6, 6.07) is 4.75. The van der Waals surface area contributed by atoms with Gasteiger partial charge in [-0.05, 0) is 59.8 Å². The van der Waals surface area contributed by atoms with Crippen LogP contribution in [-0.2, 0) is 26.1 Å². The molecule has 1 fully saturated rings. The van der Waals surface area contributed by atoms with E-state index in [-0.39, 0.29) is 10.8 Å². The Morgan fingerprint density at radius 2 is 1.50 bits per heavy atom. The average molecular weight is 302 g/mol. The summed E-state index contributed by atoms with van der Waals surface area (Å²) in [6.07, 6.45) is 1.22. The molecule has 1 heterocycles. The van der Waals surface area contributed by atoms with Gasteiger partial charge < -0.3 is 9.47 Å². The maximum absolute atomic E-state index is 5.92. The zero-order valence-electron chi connectivity index (χ0n) is 15.2. The lowest BCUT2D eigenvalue weighted by Gasteiger charge is -2.47. The van der Waals surface area contributed by atoms with E-state index in [0.717, 1.165) is 0 Å². The van der Waals surface area contributed by atoms with E-state index in [1.165, 1.54) is 28.7 Å². The van der Waals surface area contributed by atoms with Crippen LogP contribution >= 0.6 is 0 Å². The Morgan fingerprint density at radius 1 is 0.909 bits per heavy atom. The fraction of sp³-hybridized carbons (Fsp3) is 0.700. The maximum Gasteiger partial charge on any atom is 0.192 e. The Morgan fingerprint density at radius 3 is 2.09 bits per heavy atom. The molecule has 1 aliphatic carbocycles. The molecule has 0 bridgehead atoms. The molecular formula is C20H30O2. The Balaban J connectivity index is 2.21. The third-order valence-electron chi connectivity index (χ3n) is 6.16.